The zero-order valence-electron chi connectivity index (χ0n) is 16.7. The molecular formula is C23H31NO4. The molecule has 1 aliphatic heterocycles. The van der Waals surface area contributed by atoms with Crippen LogP contribution in [0.1, 0.15) is 32.6 Å². The second kappa shape index (κ2) is 10.6. The molecule has 0 aromatic heterocycles. The minimum atomic E-state index is -0.802. The van der Waals surface area contributed by atoms with Gasteiger partial charge in [0, 0.05) is 37.7 Å². The van der Waals surface area contributed by atoms with E-state index in [9.17, 15) is 4.79 Å². The monoisotopic (exact) mass is 385 g/mol. The van der Waals surface area contributed by atoms with Crippen molar-refractivity contribution >= 4 is 5.97 Å². The Morgan fingerprint density at radius 3 is 3.04 bits per heavy atom. The van der Waals surface area contributed by atoms with Crippen LogP contribution in [0, 0.1) is 23.7 Å². The van der Waals surface area contributed by atoms with Crippen LogP contribution in [0.25, 0.3) is 0 Å². The van der Waals surface area contributed by atoms with E-state index in [0.29, 0.717) is 5.92 Å². The van der Waals surface area contributed by atoms with E-state index in [1.807, 2.05) is 6.92 Å². The highest BCUT2D eigenvalue weighted by atomic mass is 16.5. The topological polar surface area (TPSA) is 59.0 Å². The Morgan fingerprint density at radius 2 is 2.25 bits per heavy atom. The van der Waals surface area contributed by atoms with Crippen molar-refractivity contribution in [3.8, 4) is 11.8 Å². The van der Waals surface area contributed by atoms with Gasteiger partial charge in [0.25, 0.3) is 0 Å². The maximum Gasteiger partial charge on any atom is 0.304 e. The number of aliphatic carboxylic acids is 1. The van der Waals surface area contributed by atoms with E-state index in [0.717, 1.165) is 64.3 Å². The molecule has 152 valence electrons. The summed E-state index contributed by atoms with van der Waals surface area (Å²) in [5, 5.41) is 8.82. The highest BCUT2D eigenvalue weighted by Crippen LogP contribution is 2.33. The third-order valence-corrected chi connectivity index (χ3v) is 5.43. The number of carbonyl (C=O) groups is 1. The highest BCUT2D eigenvalue weighted by molar-refractivity contribution is 5.67. The van der Waals surface area contributed by atoms with Gasteiger partial charge in [0.1, 0.15) is 0 Å². The second-order valence-corrected chi connectivity index (χ2v) is 7.82. The summed E-state index contributed by atoms with van der Waals surface area (Å²) < 4.78 is 11.5. The zero-order chi connectivity index (χ0) is 19.8. The molecule has 2 aliphatic carbocycles. The van der Waals surface area contributed by atoms with Crippen LogP contribution in [0.2, 0.25) is 0 Å². The summed E-state index contributed by atoms with van der Waals surface area (Å²) in [6, 6.07) is 0. The van der Waals surface area contributed by atoms with Gasteiger partial charge in [0.2, 0.25) is 0 Å². The Bertz CT molecular complexity index is 691. The summed E-state index contributed by atoms with van der Waals surface area (Å²) in [6.45, 7) is 7.49. The van der Waals surface area contributed by atoms with Gasteiger partial charge in [-0.1, -0.05) is 37.0 Å². The average Bonchev–Trinajstić information content (AvgIpc) is 2.70. The van der Waals surface area contributed by atoms with Gasteiger partial charge >= 0.3 is 5.97 Å². The largest absolute Gasteiger partial charge is 0.481 e. The van der Waals surface area contributed by atoms with Crippen molar-refractivity contribution in [1.82, 2.24) is 4.90 Å². The van der Waals surface area contributed by atoms with Crippen LogP contribution in [0.3, 0.4) is 0 Å². The van der Waals surface area contributed by atoms with Crippen molar-refractivity contribution < 1.29 is 19.4 Å². The number of nitrogens with zero attached hydrogens (tertiary/aromatic N) is 1. The molecule has 0 aromatic carbocycles. The van der Waals surface area contributed by atoms with Crippen LogP contribution in [0.4, 0.5) is 0 Å². The van der Waals surface area contributed by atoms with Gasteiger partial charge in [-0.25, -0.2) is 0 Å². The molecule has 5 nitrogen and oxygen atoms in total. The molecule has 1 heterocycles. The molecule has 0 amide bonds. The fraction of sp³-hybridized carbons (Fsp3) is 0.609. The van der Waals surface area contributed by atoms with Gasteiger partial charge in [-0.2, -0.15) is 0 Å². The van der Waals surface area contributed by atoms with E-state index in [1.54, 1.807) is 0 Å². The molecule has 0 radical (unpaired) electrons. The van der Waals surface area contributed by atoms with Crippen LogP contribution >= 0.6 is 0 Å². The number of rotatable bonds is 7. The van der Waals surface area contributed by atoms with Crippen LogP contribution < -0.4 is 0 Å². The quantitative estimate of drug-likeness (QED) is 0.539. The van der Waals surface area contributed by atoms with Crippen molar-refractivity contribution in [2.24, 2.45) is 11.8 Å². The van der Waals surface area contributed by atoms with Gasteiger partial charge < -0.3 is 14.6 Å². The number of fused-ring (bicyclic) bond motifs is 1. The number of ether oxygens (including phenoxy) is 2. The van der Waals surface area contributed by atoms with Gasteiger partial charge in [0.15, 0.2) is 0 Å². The third-order valence-electron chi connectivity index (χ3n) is 5.43. The molecule has 1 N–H and O–H groups in total. The summed E-state index contributed by atoms with van der Waals surface area (Å²) in [6.07, 6.45) is 12.0. The van der Waals surface area contributed by atoms with E-state index in [2.05, 4.69) is 41.0 Å². The average molecular weight is 386 g/mol. The number of carboxylic acid groups (broad SMARTS) is 1. The number of hydrogen-bond donors (Lipinski definition) is 1. The van der Waals surface area contributed by atoms with Crippen molar-refractivity contribution in [2.45, 2.75) is 38.7 Å². The lowest BCUT2D eigenvalue weighted by Gasteiger charge is -2.29. The Kier molecular flexibility index (Phi) is 7.90. The standard InChI is InChI=1S/C23H31NO4/c1-18(15-23(25)26)3-4-19-5-6-21-17-22(8-7-20(21)16-19)28-12-2-9-24-10-13-27-14-11-24/h5,7-8,16,18,21-22H,2,6,9-15,17H2,1H3,(H,25,26). The molecule has 1 saturated heterocycles. The molecule has 3 unspecified atom stereocenters. The van der Waals surface area contributed by atoms with Crippen molar-refractivity contribution in [1.29, 1.82) is 0 Å². The summed E-state index contributed by atoms with van der Waals surface area (Å²) in [5.41, 5.74) is 2.31. The Labute approximate surface area is 168 Å². The van der Waals surface area contributed by atoms with Crippen LogP contribution in [-0.2, 0) is 14.3 Å². The third kappa shape index (κ3) is 6.63. The van der Waals surface area contributed by atoms with E-state index in [1.165, 1.54) is 5.57 Å². The molecule has 3 aliphatic rings. The normalized spacial score (nSPS) is 25.8. The predicted molar refractivity (Wildman–Crippen MR) is 109 cm³/mol. The Balaban J connectivity index is 1.42. The number of allylic oxidation sites excluding steroid dienone is 5. The van der Waals surface area contributed by atoms with Gasteiger partial charge in [0.05, 0.1) is 25.7 Å². The molecule has 0 saturated carbocycles. The number of carboxylic acids is 1. The van der Waals surface area contributed by atoms with Gasteiger partial charge in [-0.15, -0.1) is 0 Å². The molecule has 28 heavy (non-hydrogen) atoms. The van der Waals surface area contributed by atoms with Crippen LogP contribution in [0.15, 0.2) is 35.5 Å². The molecule has 0 bridgehead atoms. The minimum absolute atomic E-state index is 0.0872. The lowest BCUT2D eigenvalue weighted by Crippen LogP contribution is -2.37. The maximum atomic E-state index is 10.7. The van der Waals surface area contributed by atoms with Crippen molar-refractivity contribution in [3.05, 3.63) is 35.5 Å². The Hall–Kier alpha value is -1.87. The smallest absolute Gasteiger partial charge is 0.304 e. The SMILES string of the molecule is CC(C#CC1=CCC2CC(OCCCN3CCOCC3)C=CC2=C1)CC(=O)O. The van der Waals surface area contributed by atoms with E-state index in [-0.39, 0.29) is 18.4 Å². The number of hydrogen-bond acceptors (Lipinski definition) is 4. The maximum absolute atomic E-state index is 10.7. The first-order valence-corrected chi connectivity index (χ1v) is 10.3. The lowest BCUT2D eigenvalue weighted by atomic mass is 9.81. The fourth-order valence-electron chi connectivity index (χ4n) is 3.83. The minimum Gasteiger partial charge on any atom is -0.481 e. The van der Waals surface area contributed by atoms with Crippen molar-refractivity contribution in [3.63, 3.8) is 0 Å². The van der Waals surface area contributed by atoms with Crippen LogP contribution in [0.5, 0.6) is 0 Å². The second-order valence-electron chi connectivity index (χ2n) is 7.82. The van der Waals surface area contributed by atoms with E-state index < -0.39 is 5.97 Å². The highest BCUT2D eigenvalue weighted by Gasteiger charge is 2.24. The Morgan fingerprint density at radius 1 is 1.43 bits per heavy atom. The van der Waals surface area contributed by atoms with E-state index in [4.69, 9.17) is 14.6 Å². The molecule has 3 rings (SSSR count). The molecule has 3 atom stereocenters. The van der Waals surface area contributed by atoms with Crippen molar-refractivity contribution in [2.75, 3.05) is 39.5 Å². The summed E-state index contributed by atoms with van der Waals surface area (Å²) in [5.74, 6) is 5.74. The molecule has 1 fully saturated rings. The summed E-state index contributed by atoms with van der Waals surface area (Å²) in [4.78, 5) is 13.2. The van der Waals surface area contributed by atoms with Gasteiger partial charge in [-0.05, 0) is 36.8 Å². The molecule has 0 spiro atoms. The van der Waals surface area contributed by atoms with Gasteiger partial charge in [-0.3, -0.25) is 9.69 Å². The molecule has 5 heteroatoms. The summed E-state index contributed by atoms with van der Waals surface area (Å²) >= 11 is 0. The van der Waals surface area contributed by atoms with E-state index >= 15 is 0 Å². The lowest BCUT2D eigenvalue weighted by molar-refractivity contribution is -0.137. The first-order valence-electron chi connectivity index (χ1n) is 10.3. The first kappa shape index (κ1) is 20.9. The molecular weight excluding hydrogens is 354 g/mol. The molecule has 0 aromatic rings. The summed E-state index contributed by atoms with van der Waals surface area (Å²) in [7, 11) is 0. The van der Waals surface area contributed by atoms with Crippen LogP contribution in [-0.4, -0.2) is 61.5 Å². The zero-order valence-corrected chi connectivity index (χ0v) is 16.7. The number of morpholine rings is 1. The predicted octanol–water partition coefficient (Wildman–Crippen LogP) is 3.04. The first-order chi connectivity index (χ1) is 13.6. The fourth-order valence-corrected chi connectivity index (χ4v) is 3.83.